The third kappa shape index (κ3) is 3.23. The predicted octanol–water partition coefficient (Wildman–Crippen LogP) is 4.21. The van der Waals surface area contributed by atoms with Crippen molar-refractivity contribution in [2.45, 2.75) is 0 Å². The van der Waals surface area contributed by atoms with Crippen LogP contribution >= 0.6 is 23.2 Å². The topological polar surface area (TPSA) is 46.9 Å². The van der Waals surface area contributed by atoms with Gasteiger partial charge in [-0.05, 0) is 36.4 Å². The van der Waals surface area contributed by atoms with E-state index in [1.165, 1.54) is 0 Å². The molecule has 0 atom stereocenters. The molecule has 1 N–H and O–H groups in total. The van der Waals surface area contributed by atoms with Crippen LogP contribution in [0, 0.1) is 0 Å². The first-order valence-electron chi connectivity index (χ1n) is 6.92. The van der Waals surface area contributed by atoms with Crippen LogP contribution in [0.1, 0.15) is 10.5 Å². The SMILES string of the molecule is CNC(=O)c1cc(-c2ccc(Cl)cc2)n(-c2cccc(Cl)c2)n1. The quantitative estimate of drug-likeness (QED) is 0.772. The van der Waals surface area contributed by atoms with Crippen LogP contribution in [0.25, 0.3) is 16.9 Å². The molecular formula is C17H13Cl2N3O. The van der Waals surface area contributed by atoms with Crippen molar-refractivity contribution in [3.63, 3.8) is 0 Å². The summed E-state index contributed by atoms with van der Waals surface area (Å²) in [4.78, 5) is 11.9. The Balaban J connectivity index is 2.18. The highest BCUT2D eigenvalue weighted by molar-refractivity contribution is 6.31. The third-order valence-electron chi connectivity index (χ3n) is 3.36. The van der Waals surface area contributed by atoms with Gasteiger partial charge < -0.3 is 5.32 Å². The second kappa shape index (κ2) is 6.44. The zero-order valence-electron chi connectivity index (χ0n) is 12.3. The summed E-state index contributed by atoms with van der Waals surface area (Å²) in [6.45, 7) is 0. The zero-order valence-corrected chi connectivity index (χ0v) is 13.8. The van der Waals surface area contributed by atoms with Gasteiger partial charge in [0.25, 0.3) is 5.91 Å². The zero-order chi connectivity index (χ0) is 16.4. The molecule has 116 valence electrons. The van der Waals surface area contributed by atoms with E-state index in [2.05, 4.69) is 10.4 Å². The maximum Gasteiger partial charge on any atom is 0.271 e. The second-order valence-corrected chi connectivity index (χ2v) is 5.77. The van der Waals surface area contributed by atoms with Gasteiger partial charge in [0.15, 0.2) is 5.69 Å². The molecule has 0 aliphatic heterocycles. The van der Waals surface area contributed by atoms with Crippen molar-refractivity contribution in [1.29, 1.82) is 0 Å². The van der Waals surface area contributed by atoms with Gasteiger partial charge in [-0.25, -0.2) is 4.68 Å². The van der Waals surface area contributed by atoms with E-state index < -0.39 is 0 Å². The number of rotatable bonds is 3. The lowest BCUT2D eigenvalue weighted by molar-refractivity contribution is 0.0957. The van der Waals surface area contributed by atoms with Gasteiger partial charge in [-0.2, -0.15) is 5.10 Å². The Hall–Kier alpha value is -2.30. The average Bonchev–Trinajstić information content (AvgIpc) is 3.00. The fraction of sp³-hybridized carbons (Fsp3) is 0.0588. The lowest BCUT2D eigenvalue weighted by atomic mass is 10.1. The van der Waals surface area contributed by atoms with Crippen molar-refractivity contribution >= 4 is 29.1 Å². The minimum atomic E-state index is -0.249. The van der Waals surface area contributed by atoms with Crippen LogP contribution in [0.5, 0.6) is 0 Å². The number of carbonyl (C=O) groups excluding carboxylic acids is 1. The Bertz CT molecular complexity index is 857. The number of aromatic nitrogens is 2. The van der Waals surface area contributed by atoms with Crippen molar-refractivity contribution in [1.82, 2.24) is 15.1 Å². The minimum absolute atomic E-state index is 0.249. The molecule has 0 spiro atoms. The van der Waals surface area contributed by atoms with Crippen LogP contribution in [0.15, 0.2) is 54.6 Å². The van der Waals surface area contributed by atoms with Crippen LogP contribution in [-0.4, -0.2) is 22.7 Å². The standard InChI is InChI=1S/C17H13Cl2N3O/c1-20-17(23)15-10-16(11-5-7-12(18)8-6-11)22(21-15)14-4-2-3-13(19)9-14/h2-10H,1H3,(H,20,23). The summed E-state index contributed by atoms with van der Waals surface area (Å²) >= 11 is 12.0. The predicted molar refractivity (Wildman–Crippen MR) is 92.4 cm³/mol. The first-order chi connectivity index (χ1) is 11.1. The number of halogens is 2. The van der Waals surface area contributed by atoms with Gasteiger partial charge in [-0.15, -0.1) is 0 Å². The Kier molecular flexibility index (Phi) is 4.37. The maximum absolute atomic E-state index is 11.9. The summed E-state index contributed by atoms with van der Waals surface area (Å²) < 4.78 is 1.69. The van der Waals surface area contributed by atoms with Crippen LogP contribution in [0.2, 0.25) is 10.0 Å². The average molecular weight is 346 g/mol. The van der Waals surface area contributed by atoms with Gasteiger partial charge >= 0.3 is 0 Å². The van der Waals surface area contributed by atoms with Crippen molar-refractivity contribution in [3.05, 3.63) is 70.3 Å². The molecule has 3 aromatic rings. The summed E-state index contributed by atoms with van der Waals surface area (Å²) in [5.41, 5.74) is 2.79. The van der Waals surface area contributed by atoms with E-state index in [0.717, 1.165) is 16.9 Å². The first-order valence-corrected chi connectivity index (χ1v) is 7.68. The Morgan fingerprint density at radius 3 is 2.43 bits per heavy atom. The highest BCUT2D eigenvalue weighted by Gasteiger charge is 2.16. The lowest BCUT2D eigenvalue weighted by Crippen LogP contribution is -2.18. The molecule has 0 aliphatic carbocycles. The van der Waals surface area contributed by atoms with Crippen molar-refractivity contribution in [2.75, 3.05) is 7.05 Å². The Morgan fingerprint density at radius 2 is 1.78 bits per heavy atom. The molecule has 0 fully saturated rings. The molecule has 4 nitrogen and oxygen atoms in total. The molecule has 1 amide bonds. The van der Waals surface area contributed by atoms with Crippen molar-refractivity contribution in [3.8, 4) is 16.9 Å². The molecule has 0 saturated carbocycles. The molecule has 0 aliphatic rings. The second-order valence-electron chi connectivity index (χ2n) is 4.89. The Morgan fingerprint density at radius 1 is 1.04 bits per heavy atom. The van der Waals surface area contributed by atoms with E-state index in [0.29, 0.717) is 15.7 Å². The fourth-order valence-electron chi connectivity index (χ4n) is 2.25. The van der Waals surface area contributed by atoms with Gasteiger partial charge in [0.2, 0.25) is 0 Å². The van der Waals surface area contributed by atoms with Gasteiger partial charge in [0.05, 0.1) is 11.4 Å². The summed E-state index contributed by atoms with van der Waals surface area (Å²) in [5.74, 6) is -0.249. The number of nitrogens with one attached hydrogen (secondary N) is 1. The molecule has 0 bridgehead atoms. The van der Waals surface area contributed by atoms with Crippen molar-refractivity contribution < 1.29 is 4.79 Å². The largest absolute Gasteiger partial charge is 0.354 e. The van der Waals surface area contributed by atoms with E-state index in [4.69, 9.17) is 23.2 Å². The highest BCUT2D eigenvalue weighted by Crippen LogP contribution is 2.26. The number of benzene rings is 2. The van der Waals surface area contributed by atoms with Crippen molar-refractivity contribution in [2.24, 2.45) is 0 Å². The van der Waals surface area contributed by atoms with E-state index in [1.54, 1.807) is 42.1 Å². The molecule has 23 heavy (non-hydrogen) atoms. The van der Waals surface area contributed by atoms with Gasteiger partial charge in [-0.1, -0.05) is 41.4 Å². The fourth-order valence-corrected chi connectivity index (χ4v) is 2.56. The molecule has 0 unspecified atom stereocenters. The maximum atomic E-state index is 11.9. The van der Waals surface area contributed by atoms with Gasteiger partial charge in [0.1, 0.15) is 0 Å². The summed E-state index contributed by atoms with van der Waals surface area (Å²) in [6, 6.07) is 16.4. The Labute approximate surface area is 143 Å². The number of hydrogen-bond donors (Lipinski definition) is 1. The molecule has 6 heteroatoms. The van der Waals surface area contributed by atoms with Crippen LogP contribution in [0.3, 0.4) is 0 Å². The van der Waals surface area contributed by atoms with E-state index >= 15 is 0 Å². The molecule has 3 rings (SSSR count). The van der Waals surface area contributed by atoms with Gasteiger partial charge in [0, 0.05) is 22.7 Å². The highest BCUT2D eigenvalue weighted by atomic mass is 35.5. The normalized spacial score (nSPS) is 10.6. The summed E-state index contributed by atoms with van der Waals surface area (Å²) in [7, 11) is 1.57. The minimum Gasteiger partial charge on any atom is -0.354 e. The summed E-state index contributed by atoms with van der Waals surface area (Å²) in [6.07, 6.45) is 0. The first kappa shape index (κ1) is 15.6. The van der Waals surface area contributed by atoms with E-state index in [9.17, 15) is 4.79 Å². The van der Waals surface area contributed by atoms with Crippen LogP contribution in [-0.2, 0) is 0 Å². The molecular weight excluding hydrogens is 333 g/mol. The molecule has 1 heterocycles. The third-order valence-corrected chi connectivity index (χ3v) is 3.85. The number of carbonyl (C=O) groups is 1. The summed E-state index contributed by atoms with van der Waals surface area (Å²) in [5, 5.41) is 8.23. The lowest BCUT2D eigenvalue weighted by Gasteiger charge is -2.08. The molecule has 2 aromatic carbocycles. The van der Waals surface area contributed by atoms with Crippen LogP contribution < -0.4 is 5.32 Å². The van der Waals surface area contributed by atoms with E-state index in [1.807, 2.05) is 24.3 Å². The van der Waals surface area contributed by atoms with Gasteiger partial charge in [-0.3, -0.25) is 4.79 Å². The molecule has 1 aromatic heterocycles. The smallest absolute Gasteiger partial charge is 0.271 e. The number of hydrogen-bond acceptors (Lipinski definition) is 2. The monoisotopic (exact) mass is 345 g/mol. The number of nitrogens with zero attached hydrogens (tertiary/aromatic N) is 2. The number of amides is 1. The van der Waals surface area contributed by atoms with E-state index in [-0.39, 0.29) is 5.91 Å². The molecule has 0 radical (unpaired) electrons. The molecule has 0 saturated heterocycles. The van der Waals surface area contributed by atoms with Crippen LogP contribution in [0.4, 0.5) is 0 Å².